The maximum Gasteiger partial charge on any atom is 0.126 e. The Kier molecular flexibility index (Phi) is 5.61. The standard InChI is InChI=1S/C15H25N3O/c1-3-9-16-15-6-4-5-13(17-15)12-18-10-7-14(19-2)8-11-18/h4-6,14H,3,7-12H2,1-2H3,(H,16,17). The van der Waals surface area contributed by atoms with Crippen molar-refractivity contribution >= 4 is 5.82 Å². The molecule has 4 nitrogen and oxygen atoms in total. The molecule has 1 aliphatic rings. The largest absolute Gasteiger partial charge is 0.381 e. The van der Waals surface area contributed by atoms with Gasteiger partial charge in [-0.1, -0.05) is 13.0 Å². The summed E-state index contributed by atoms with van der Waals surface area (Å²) >= 11 is 0. The van der Waals surface area contributed by atoms with Crippen LogP contribution in [-0.4, -0.2) is 42.7 Å². The van der Waals surface area contributed by atoms with E-state index in [4.69, 9.17) is 4.74 Å². The second kappa shape index (κ2) is 7.46. The first kappa shape index (κ1) is 14.3. The molecule has 19 heavy (non-hydrogen) atoms. The van der Waals surface area contributed by atoms with E-state index in [1.54, 1.807) is 0 Å². The molecule has 0 amide bonds. The van der Waals surface area contributed by atoms with Crippen molar-refractivity contribution in [1.82, 2.24) is 9.88 Å². The van der Waals surface area contributed by atoms with E-state index in [-0.39, 0.29) is 0 Å². The summed E-state index contributed by atoms with van der Waals surface area (Å²) in [6, 6.07) is 6.23. The fraction of sp³-hybridized carbons (Fsp3) is 0.667. The molecular weight excluding hydrogens is 238 g/mol. The number of rotatable bonds is 6. The Morgan fingerprint density at radius 1 is 1.37 bits per heavy atom. The third-order valence-corrected chi connectivity index (χ3v) is 3.62. The van der Waals surface area contributed by atoms with Crippen LogP contribution in [0.4, 0.5) is 5.82 Å². The van der Waals surface area contributed by atoms with E-state index in [0.29, 0.717) is 6.10 Å². The minimum absolute atomic E-state index is 0.446. The second-order valence-electron chi connectivity index (χ2n) is 5.15. The van der Waals surface area contributed by atoms with E-state index < -0.39 is 0 Å². The molecule has 0 bridgehead atoms. The normalized spacial score (nSPS) is 17.6. The van der Waals surface area contributed by atoms with Gasteiger partial charge in [0.15, 0.2) is 0 Å². The van der Waals surface area contributed by atoms with E-state index in [9.17, 15) is 0 Å². The van der Waals surface area contributed by atoms with Crippen LogP contribution in [0.25, 0.3) is 0 Å². The van der Waals surface area contributed by atoms with E-state index in [1.807, 2.05) is 13.2 Å². The molecule has 0 aromatic carbocycles. The van der Waals surface area contributed by atoms with Crippen LogP contribution >= 0.6 is 0 Å². The molecule has 0 aliphatic carbocycles. The molecule has 4 heteroatoms. The molecule has 1 aliphatic heterocycles. The molecule has 0 spiro atoms. The van der Waals surface area contributed by atoms with Gasteiger partial charge in [0, 0.05) is 33.3 Å². The molecule has 106 valence electrons. The topological polar surface area (TPSA) is 37.4 Å². The first-order valence-corrected chi connectivity index (χ1v) is 7.26. The summed E-state index contributed by atoms with van der Waals surface area (Å²) in [7, 11) is 1.81. The summed E-state index contributed by atoms with van der Waals surface area (Å²) in [5, 5.41) is 3.34. The minimum atomic E-state index is 0.446. The van der Waals surface area contributed by atoms with E-state index in [1.165, 1.54) is 0 Å². The van der Waals surface area contributed by atoms with Crippen molar-refractivity contribution in [3.05, 3.63) is 23.9 Å². The summed E-state index contributed by atoms with van der Waals surface area (Å²) in [6.07, 6.45) is 3.83. The number of aromatic nitrogens is 1. The van der Waals surface area contributed by atoms with Gasteiger partial charge in [-0.05, 0) is 31.4 Å². The summed E-state index contributed by atoms with van der Waals surface area (Å²) < 4.78 is 5.40. The van der Waals surface area contributed by atoms with Gasteiger partial charge in [0.05, 0.1) is 11.8 Å². The van der Waals surface area contributed by atoms with Crippen LogP contribution < -0.4 is 5.32 Å². The molecule has 0 saturated carbocycles. The SMILES string of the molecule is CCCNc1cccc(CN2CCC(OC)CC2)n1. The number of hydrogen-bond acceptors (Lipinski definition) is 4. The number of piperidine rings is 1. The Balaban J connectivity index is 1.85. The third kappa shape index (κ3) is 4.48. The predicted molar refractivity (Wildman–Crippen MR) is 78.3 cm³/mol. The molecule has 1 aromatic rings. The number of ether oxygens (including phenoxy) is 1. The zero-order valence-electron chi connectivity index (χ0n) is 12.1. The average Bonchev–Trinajstić information content (AvgIpc) is 2.46. The van der Waals surface area contributed by atoms with Crippen molar-refractivity contribution in [2.45, 2.75) is 38.8 Å². The lowest BCUT2D eigenvalue weighted by Crippen LogP contribution is -2.36. The minimum Gasteiger partial charge on any atom is -0.381 e. The molecule has 0 radical (unpaired) electrons. The van der Waals surface area contributed by atoms with Crippen molar-refractivity contribution in [3.8, 4) is 0 Å². The van der Waals surface area contributed by atoms with Crippen LogP contribution in [0.1, 0.15) is 31.9 Å². The number of hydrogen-bond donors (Lipinski definition) is 1. The highest BCUT2D eigenvalue weighted by Gasteiger charge is 2.18. The van der Waals surface area contributed by atoms with Gasteiger partial charge >= 0.3 is 0 Å². The maximum atomic E-state index is 5.40. The highest BCUT2D eigenvalue weighted by Crippen LogP contribution is 2.15. The lowest BCUT2D eigenvalue weighted by molar-refractivity contribution is 0.0385. The molecule has 1 fully saturated rings. The van der Waals surface area contributed by atoms with Crippen molar-refractivity contribution < 1.29 is 4.74 Å². The van der Waals surface area contributed by atoms with Gasteiger partial charge < -0.3 is 10.1 Å². The number of anilines is 1. The van der Waals surface area contributed by atoms with Crippen molar-refractivity contribution in [1.29, 1.82) is 0 Å². The monoisotopic (exact) mass is 263 g/mol. The first-order chi connectivity index (χ1) is 9.31. The Hall–Kier alpha value is -1.13. The summed E-state index contributed by atoms with van der Waals surface area (Å²) in [6.45, 7) is 6.30. The zero-order valence-corrected chi connectivity index (χ0v) is 12.1. The van der Waals surface area contributed by atoms with Crippen LogP contribution in [0.5, 0.6) is 0 Å². The summed E-state index contributed by atoms with van der Waals surface area (Å²) in [5.74, 6) is 0.992. The smallest absolute Gasteiger partial charge is 0.126 e. The summed E-state index contributed by atoms with van der Waals surface area (Å²) in [4.78, 5) is 7.12. The van der Waals surface area contributed by atoms with Gasteiger partial charge in [-0.2, -0.15) is 0 Å². The first-order valence-electron chi connectivity index (χ1n) is 7.26. The van der Waals surface area contributed by atoms with Crippen LogP contribution in [0.3, 0.4) is 0 Å². The average molecular weight is 263 g/mol. The van der Waals surface area contributed by atoms with Crippen LogP contribution in [-0.2, 0) is 11.3 Å². The van der Waals surface area contributed by atoms with Gasteiger partial charge in [0.25, 0.3) is 0 Å². The lowest BCUT2D eigenvalue weighted by atomic mass is 10.1. The summed E-state index contributed by atoms with van der Waals surface area (Å²) in [5.41, 5.74) is 1.15. The molecule has 1 aromatic heterocycles. The third-order valence-electron chi connectivity index (χ3n) is 3.62. The number of methoxy groups -OCH3 is 1. The molecule has 0 atom stereocenters. The number of pyridine rings is 1. The molecule has 1 saturated heterocycles. The highest BCUT2D eigenvalue weighted by atomic mass is 16.5. The molecule has 0 unspecified atom stereocenters. The molecule has 2 rings (SSSR count). The Morgan fingerprint density at radius 2 is 2.16 bits per heavy atom. The number of nitrogens with one attached hydrogen (secondary N) is 1. The maximum absolute atomic E-state index is 5.40. The highest BCUT2D eigenvalue weighted by molar-refractivity contribution is 5.35. The van der Waals surface area contributed by atoms with Crippen molar-refractivity contribution in [2.24, 2.45) is 0 Å². The second-order valence-corrected chi connectivity index (χ2v) is 5.15. The Bertz CT molecular complexity index is 375. The van der Waals surface area contributed by atoms with E-state index >= 15 is 0 Å². The Labute approximate surface area is 116 Å². The van der Waals surface area contributed by atoms with E-state index in [0.717, 1.165) is 57.0 Å². The fourth-order valence-corrected chi connectivity index (χ4v) is 2.45. The van der Waals surface area contributed by atoms with E-state index in [2.05, 4.69) is 34.3 Å². The van der Waals surface area contributed by atoms with Crippen LogP contribution in [0, 0.1) is 0 Å². The van der Waals surface area contributed by atoms with Gasteiger partial charge in [0.1, 0.15) is 5.82 Å². The van der Waals surface area contributed by atoms with Crippen molar-refractivity contribution in [3.63, 3.8) is 0 Å². The Morgan fingerprint density at radius 3 is 2.84 bits per heavy atom. The van der Waals surface area contributed by atoms with Crippen molar-refractivity contribution in [2.75, 3.05) is 32.1 Å². The van der Waals surface area contributed by atoms with Gasteiger partial charge in [-0.25, -0.2) is 4.98 Å². The molecule has 2 heterocycles. The van der Waals surface area contributed by atoms with Gasteiger partial charge in [-0.3, -0.25) is 4.90 Å². The molecule has 1 N–H and O–H groups in total. The van der Waals surface area contributed by atoms with Crippen LogP contribution in [0.15, 0.2) is 18.2 Å². The zero-order chi connectivity index (χ0) is 13.5. The quantitative estimate of drug-likeness (QED) is 0.856. The van der Waals surface area contributed by atoms with Crippen LogP contribution in [0.2, 0.25) is 0 Å². The van der Waals surface area contributed by atoms with Gasteiger partial charge in [-0.15, -0.1) is 0 Å². The predicted octanol–water partition coefficient (Wildman–Crippen LogP) is 2.51. The number of nitrogens with zero attached hydrogens (tertiary/aromatic N) is 2. The van der Waals surface area contributed by atoms with Gasteiger partial charge in [0.2, 0.25) is 0 Å². The fourth-order valence-electron chi connectivity index (χ4n) is 2.45. The number of likely N-dealkylation sites (tertiary alicyclic amines) is 1. The lowest BCUT2D eigenvalue weighted by Gasteiger charge is -2.30. The molecular formula is C15H25N3O.